The van der Waals surface area contributed by atoms with Crippen molar-refractivity contribution in [3.8, 4) is 5.75 Å². The number of benzene rings is 2. The topological polar surface area (TPSA) is 37.5 Å². The van der Waals surface area contributed by atoms with Gasteiger partial charge in [0.05, 0.1) is 17.4 Å². The van der Waals surface area contributed by atoms with Crippen LogP contribution in [-0.2, 0) is 13.5 Å². The van der Waals surface area contributed by atoms with Crippen molar-refractivity contribution < 1.29 is 5.11 Å². The smallest absolute Gasteiger partial charge is 0.116 e. The molecule has 0 spiro atoms. The van der Waals surface area contributed by atoms with Crippen LogP contribution in [0.4, 0.5) is 0 Å². The lowest BCUT2D eigenvalue weighted by atomic mass is 10.1. The van der Waals surface area contributed by atoms with E-state index < -0.39 is 0 Å². The summed E-state index contributed by atoms with van der Waals surface area (Å²) >= 11 is 0. The average molecular weight is 304 g/mol. The Kier molecular flexibility index (Phi) is 3.22. The summed E-state index contributed by atoms with van der Waals surface area (Å²) in [6, 6.07) is 16.2. The van der Waals surface area contributed by atoms with Crippen molar-refractivity contribution >= 4 is 16.6 Å². The van der Waals surface area contributed by atoms with E-state index in [4.69, 9.17) is 4.99 Å². The second kappa shape index (κ2) is 5.27. The zero-order valence-corrected chi connectivity index (χ0v) is 13.5. The van der Waals surface area contributed by atoms with Crippen LogP contribution in [0.2, 0.25) is 0 Å². The highest BCUT2D eigenvalue weighted by Crippen LogP contribution is 2.35. The van der Waals surface area contributed by atoms with Crippen LogP contribution >= 0.6 is 0 Å². The predicted molar refractivity (Wildman–Crippen MR) is 94.3 cm³/mol. The maximum Gasteiger partial charge on any atom is 0.116 e. The molecular weight excluding hydrogens is 284 g/mol. The Morgan fingerprint density at radius 2 is 1.87 bits per heavy atom. The number of aryl methyl sites for hydroxylation is 2. The average Bonchev–Trinajstić information content (AvgIpc) is 3.09. The van der Waals surface area contributed by atoms with Crippen LogP contribution in [0.3, 0.4) is 0 Å². The van der Waals surface area contributed by atoms with Gasteiger partial charge in [0.25, 0.3) is 0 Å². The quantitative estimate of drug-likeness (QED) is 0.749. The van der Waals surface area contributed by atoms with Gasteiger partial charge in [-0.1, -0.05) is 30.3 Å². The number of aromatic hydroxyl groups is 1. The number of rotatable bonds is 2. The molecule has 116 valence electrons. The van der Waals surface area contributed by atoms with Crippen LogP contribution in [0.25, 0.3) is 10.9 Å². The highest BCUT2D eigenvalue weighted by molar-refractivity contribution is 6.09. The zero-order chi connectivity index (χ0) is 16.0. The van der Waals surface area contributed by atoms with Gasteiger partial charge in [0.1, 0.15) is 5.75 Å². The molecule has 1 unspecified atom stereocenters. The lowest BCUT2D eigenvalue weighted by molar-refractivity contribution is 0.476. The highest BCUT2D eigenvalue weighted by Gasteiger charge is 2.26. The van der Waals surface area contributed by atoms with Gasteiger partial charge < -0.3 is 9.67 Å². The SMILES string of the molecule is CC(N=C1CCc2c1n(C)c1ccc(O)cc21)c1ccccc1. The van der Waals surface area contributed by atoms with Crippen molar-refractivity contribution in [2.45, 2.75) is 25.8 Å². The fourth-order valence-corrected chi connectivity index (χ4v) is 3.66. The molecule has 0 radical (unpaired) electrons. The molecule has 1 atom stereocenters. The molecule has 2 aromatic carbocycles. The van der Waals surface area contributed by atoms with Gasteiger partial charge in [-0.3, -0.25) is 4.99 Å². The first-order chi connectivity index (χ1) is 11.1. The summed E-state index contributed by atoms with van der Waals surface area (Å²) in [5.41, 5.74) is 6.12. The molecule has 1 heterocycles. The first kappa shape index (κ1) is 14.1. The standard InChI is InChI=1S/C20H20N2O/c1-13(14-6-4-3-5-7-14)21-18-10-9-16-17-12-15(23)8-11-19(17)22(2)20(16)18/h3-8,11-13,23H,9-10H2,1-2H3. The minimum atomic E-state index is 0.156. The predicted octanol–water partition coefficient (Wildman–Crippen LogP) is 4.38. The molecule has 1 aromatic heterocycles. The third kappa shape index (κ3) is 2.24. The molecule has 3 heteroatoms. The molecule has 1 aliphatic carbocycles. The molecule has 0 saturated heterocycles. The highest BCUT2D eigenvalue weighted by atomic mass is 16.3. The monoisotopic (exact) mass is 304 g/mol. The molecular formula is C20H20N2O. The first-order valence-corrected chi connectivity index (χ1v) is 8.07. The zero-order valence-electron chi connectivity index (χ0n) is 13.5. The van der Waals surface area contributed by atoms with Crippen LogP contribution in [0.1, 0.15) is 36.2 Å². The van der Waals surface area contributed by atoms with E-state index in [1.807, 2.05) is 18.2 Å². The maximum atomic E-state index is 9.79. The van der Waals surface area contributed by atoms with Gasteiger partial charge in [0.2, 0.25) is 0 Å². The summed E-state index contributed by atoms with van der Waals surface area (Å²) in [6.07, 6.45) is 1.97. The lowest BCUT2D eigenvalue weighted by Gasteiger charge is -2.10. The fraction of sp³-hybridized carbons (Fsp3) is 0.250. The number of phenols is 1. The summed E-state index contributed by atoms with van der Waals surface area (Å²) in [4.78, 5) is 5.00. The number of hydrogen-bond acceptors (Lipinski definition) is 2. The Morgan fingerprint density at radius 3 is 2.65 bits per heavy atom. The molecule has 0 aliphatic heterocycles. The van der Waals surface area contributed by atoms with Gasteiger partial charge >= 0.3 is 0 Å². The Morgan fingerprint density at radius 1 is 1.09 bits per heavy atom. The molecule has 23 heavy (non-hydrogen) atoms. The normalized spacial score (nSPS) is 16.9. The lowest BCUT2D eigenvalue weighted by Crippen LogP contribution is -2.05. The molecule has 4 rings (SSSR count). The second-order valence-corrected chi connectivity index (χ2v) is 6.25. The van der Waals surface area contributed by atoms with Crippen LogP contribution in [0, 0.1) is 0 Å². The number of fused-ring (bicyclic) bond motifs is 3. The first-order valence-electron chi connectivity index (χ1n) is 8.07. The van der Waals surface area contributed by atoms with Crippen LogP contribution in [0.15, 0.2) is 53.5 Å². The Bertz CT molecular complexity index is 906. The molecule has 3 nitrogen and oxygen atoms in total. The minimum Gasteiger partial charge on any atom is -0.508 e. The van der Waals surface area contributed by atoms with Crippen molar-refractivity contribution in [3.63, 3.8) is 0 Å². The number of aromatic nitrogens is 1. The minimum absolute atomic E-state index is 0.156. The summed E-state index contributed by atoms with van der Waals surface area (Å²) in [6.45, 7) is 2.15. The van der Waals surface area contributed by atoms with Crippen LogP contribution < -0.4 is 0 Å². The van der Waals surface area contributed by atoms with Gasteiger partial charge in [-0.15, -0.1) is 0 Å². The number of phenolic OH excluding ortho intramolecular Hbond substituents is 1. The van der Waals surface area contributed by atoms with Crippen molar-refractivity contribution in [2.75, 3.05) is 0 Å². The molecule has 0 fully saturated rings. The van der Waals surface area contributed by atoms with Gasteiger partial charge in [0, 0.05) is 18.0 Å². The second-order valence-electron chi connectivity index (χ2n) is 6.25. The van der Waals surface area contributed by atoms with Crippen LogP contribution in [-0.4, -0.2) is 15.4 Å². The van der Waals surface area contributed by atoms with Gasteiger partial charge in [0.15, 0.2) is 0 Å². The van der Waals surface area contributed by atoms with Gasteiger partial charge in [-0.25, -0.2) is 0 Å². The van der Waals surface area contributed by atoms with E-state index in [9.17, 15) is 5.11 Å². The van der Waals surface area contributed by atoms with Crippen molar-refractivity contribution in [1.82, 2.24) is 4.57 Å². The summed E-state index contributed by atoms with van der Waals surface area (Å²) in [5.74, 6) is 0.328. The molecule has 0 saturated carbocycles. The van der Waals surface area contributed by atoms with E-state index in [1.54, 1.807) is 6.07 Å². The number of aliphatic imine (C=N–C) groups is 1. The summed E-state index contributed by atoms with van der Waals surface area (Å²) < 4.78 is 2.22. The maximum absolute atomic E-state index is 9.79. The van der Waals surface area contributed by atoms with E-state index in [0.29, 0.717) is 5.75 Å². The third-order valence-electron chi connectivity index (χ3n) is 4.80. The number of hydrogen-bond donors (Lipinski definition) is 1. The van der Waals surface area contributed by atoms with Crippen LogP contribution in [0.5, 0.6) is 5.75 Å². The Labute approximate surface area is 135 Å². The van der Waals surface area contributed by atoms with Crippen molar-refractivity contribution in [1.29, 1.82) is 0 Å². The molecule has 3 aromatic rings. The van der Waals surface area contributed by atoms with E-state index in [2.05, 4.69) is 42.8 Å². The van der Waals surface area contributed by atoms with Gasteiger partial charge in [-0.05, 0) is 49.1 Å². The summed E-state index contributed by atoms with van der Waals surface area (Å²) in [5, 5.41) is 10.9. The van der Waals surface area contributed by atoms with Gasteiger partial charge in [-0.2, -0.15) is 0 Å². The van der Waals surface area contributed by atoms with Crippen molar-refractivity contribution in [2.24, 2.45) is 12.0 Å². The molecule has 1 N–H and O–H groups in total. The van der Waals surface area contributed by atoms with E-state index in [0.717, 1.165) is 23.7 Å². The number of nitrogens with zero attached hydrogens (tertiary/aromatic N) is 2. The molecule has 0 bridgehead atoms. The largest absolute Gasteiger partial charge is 0.508 e. The Hall–Kier alpha value is -2.55. The third-order valence-corrected chi connectivity index (χ3v) is 4.80. The fourth-order valence-electron chi connectivity index (χ4n) is 3.66. The summed E-state index contributed by atoms with van der Waals surface area (Å²) in [7, 11) is 2.09. The van der Waals surface area contributed by atoms with E-state index >= 15 is 0 Å². The molecule has 1 aliphatic rings. The van der Waals surface area contributed by atoms with E-state index in [-0.39, 0.29) is 6.04 Å². The Balaban J connectivity index is 1.81. The molecule has 0 amide bonds. The van der Waals surface area contributed by atoms with E-state index in [1.165, 1.54) is 22.5 Å². The van der Waals surface area contributed by atoms with Crippen molar-refractivity contribution in [3.05, 3.63) is 65.4 Å².